The number of rotatable bonds is 1. The second-order valence-electron chi connectivity index (χ2n) is 3.07. The molecule has 0 radical (unpaired) electrons. The molecule has 0 aliphatic carbocycles. The third-order valence-corrected chi connectivity index (χ3v) is 4.12. The van der Waals surface area contributed by atoms with E-state index in [4.69, 9.17) is 0 Å². The van der Waals surface area contributed by atoms with Gasteiger partial charge >= 0.3 is 0 Å². The van der Waals surface area contributed by atoms with E-state index in [0.29, 0.717) is 6.42 Å². The van der Waals surface area contributed by atoms with Gasteiger partial charge in [0.15, 0.2) is 5.78 Å². The Labute approximate surface area is 99.0 Å². The summed E-state index contributed by atoms with van der Waals surface area (Å²) >= 11 is 2.22. The number of hydrogen-bond donors (Lipinski definition) is 0. The number of carbonyl (C=O) groups is 1. The maximum Gasteiger partial charge on any atom is 0.166 e. The lowest BCUT2D eigenvalue weighted by Gasteiger charge is -2.17. The van der Waals surface area contributed by atoms with Crippen molar-refractivity contribution in [3.05, 3.63) is 23.9 Å². The van der Waals surface area contributed by atoms with Crippen molar-refractivity contribution >= 4 is 41.9 Å². The number of anilines is 1. The van der Waals surface area contributed by atoms with Crippen LogP contribution in [0.15, 0.2) is 18.3 Å². The zero-order valence-corrected chi connectivity index (χ0v) is 10.4. The van der Waals surface area contributed by atoms with Crippen molar-refractivity contribution in [2.75, 3.05) is 10.8 Å². The van der Waals surface area contributed by atoms with Crippen molar-refractivity contribution in [3.8, 4) is 0 Å². The number of Topliss-reactive ketones (excluding diaryl/α,β-unsaturated/α-hetero) is 1. The first-order chi connectivity index (χ1) is 6.83. The van der Waals surface area contributed by atoms with E-state index in [1.165, 1.54) is 0 Å². The summed E-state index contributed by atoms with van der Waals surface area (Å²) in [6.07, 6.45) is 3.27. The zero-order chi connectivity index (χ0) is 9.97. The molecule has 0 atom stereocenters. The molecular weight excluding hydrogens is 311 g/mol. The lowest BCUT2D eigenvalue weighted by atomic mass is 10.1. The molecule has 0 N–H and O–H groups in total. The number of hydrogen-bond acceptors (Lipinski definition) is 4. The molecule has 74 valence electrons. The Morgan fingerprint density at radius 2 is 2.43 bits per heavy atom. The minimum atomic E-state index is 0.209. The molecule has 0 unspecified atom stereocenters. The van der Waals surface area contributed by atoms with Crippen LogP contribution in [0.1, 0.15) is 23.2 Å². The molecule has 0 saturated heterocycles. The third kappa shape index (κ3) is 1.88. The summed E-state index contributed by atoms with van der Waals surface area (Å²) in [5.74, 6) is 1.02. The van der Waals surface area contributed by atoms with Gasteiger partial charge in [-0.15, -0.1) is 0 Å². The van der Waals surface area contributed by atoms with E-state index < -0.39 is 0 Å². The summed E-state index contributed by atoms with van der Waals surface area (Å²) in [6.45, 7) is 0.892. The van der Waals surface area contributed by atoms with Gasteiger partial charge in [-0.3, -0.25) is 9.10 Å². The van der Waals surface area contributed by atoms with Gasteiger partial charge in [-0.1, -0.05) is 0 Å². The first kappa shape index (κ1) is 10.2. The van der Waals surface area contributed by atoms with Crippen LogP contribution in [0.5, 0.6) is 0 Å². The van der Waals surface area contributed by atoms with Crippen molar-refractivity contribution in [1.82, 2.24) is 4.98 Å². The topological polar surface area (TPSA) is 33.2 Å². The van der Waals surface area contributed by atoms with E-state index >= 15 is 0 Å². The normalized spacial score (nSPS) is 16.4. The van der Waals surface area contributed by atoms with Crippen molar-refractivity contribution < 1.29 is 4.79 Å². The monoisotopic (exact) mass is 320 g/mol. The quantitative estimate of drug-likeness (QED) is 0.588. The Morgan fingerprint density at radius 3 is 3.21 bits per heavy atom. The lowest BCUT2D eigenvalue weighted by Crippen LogP contribution is -2.14. The van der Waals surface area contributed by atoms with Crippen molar-refractivity contribution in [2.45, 2.75) is 12.8 Å². The van der Waals surface area contributed by atoms with E-state index in [2.05, 4.69) is 30.5 Å². The summed E-state index contributed by atoms with van der Waals surface area (Å²) in [7, 11) is 1.59. The fraction of sp³-hybridized carbons (Fsp3) is 0.333. The fourth-order valence-corrected chi connectivity index (χ4v) is 3.06. The molecule has 0 spiro atoms. The van der Waals surface area contributed by atoms with Crippen molar-refractivity contribution in [2.24, 2.45) is 0 Å². The van der Waals surface area contributed by atoms with Crippen LogP contribution in [0, 0.1) is 0 Å². The number of pyridine rings is 1. The highest BCUT2D eigenvalue weighted by Crippen LogP contribution is 2.31. The van der Waals surface area contributed by atoms with E-state index in [0.717, 1.165) is 24.3 Å². The molecule has 1 aromatic rings. The first-order valence-electron chi connectivity index (χ1n) is 4.37. The summed E-state index contributed by atoms with van der Waals surface area (Å²) < 4.78 is 2.07. The molecule has 14 heavy (non-hydrogen) atoms. The van der Waals surface area contributed by atoms with Crippen LogP contribution in [0.4, 0.5) is 5.82 Å². The molecule has 2 heterocycles. The molecular formula is C9H9IN2OS. The van der Waals surface area contributed by atoms with Gasteiger partial charge in [0.1, 0.15) is 5.82 Å². The number of halogens is 1. The van der Waals surface area contributed by atoms with Gasteiger partial charge in [0, 0.05) is 49.5 Å². The Morgan fingerprint density at radius 1 is 1.57 bits per heavy atom. The second-order valence-corrected chi connectivity index (χ2v) is 4.83. The van der Waals surface area contributed by atoms with Crippen molar-refractivity contribution in [3.63, 3.8) is 0 Å². The van der Waals surface area contributed by atoms with Gasteiger partial charge in [-0.25, -0.2) is 4.98 Å². The van der Waals surface area contributed by atoms with Gasteiger partial charge in [0.05, 0.1) is 5.56 Å². The maximum atomic E-state index is 11.7. The fourth-order valence-electron chi connectivity index (χ4n) is 1.50. The molecule has 3 nitrogen and oxygen atoms in total. The lowest BCUT2D eigenvalue weighted by molar-refractivity contribution is 0.0983. The number of ketones is 1. The van der Waals surface area contributed by atoms with Gasteiger partial charge < -0.3 is 0 Å². The van der Waals surface area contributed by atoms with E-state index in [-0.39, 0.29) is 5.78 Å². The van der Waals surface area contributed by atoms with Crippen LogP contribution in [0.2, 0.25) is 0 Å². The molecule has 5 heteroatoms. The summed E-state index contributed by atoms with van der Waals surface area (Å²) in [5.41, 5.74) is 0.758. The largest absolute Gasteiger partial charge is 0.294 e. The average Bonchev–Trinajstić information content (AvgIpc) is 2.39. The predicted octanol–water partition coefficient (Wildman–Crippen LogP) is 2.86. The zero-order valence-electron chi connectivity index (χ0n) is 7.44. The first-order valence-corrected chi connectivity index (χ1v) is 7.69. The SMILES string of the molecule is O=C1CCCN(SI)c2ncccc21. The van der Waals surface area contributed by atoms with Gasteiger partial charge in [0.25, 0.3) is 0 Å². The van der Waals surface area contributed by atoms with E-state index in [9.17, 15) is 4.79 Å². The molecule has 1 aliphatic heterocycles. The smallest absolute Gasteiger partial charge is 0.166 e. The van der Waals surface area contributed by atoms with E-state index in [1.807, 2.05) is 12.1 Å². The highest BCUT2D eigenvalue weighted by molar-refractivity contribution is 14.2. The molecule has 0 amide bonds. The average molecular weight is 320 g/mol. The Balaban J connectivity index is 2.47. The van der Waals surface area contributed by atoms with E-state index in [1.54, 1.807) is 15.3 Å². The molecule has 0 bridgehead atoms. The molecule has 1 aromatic heterocycles. The predicted molar refractivity (Wildman–Crippen MR) is 66.8 cm³/mol. The summed E-state index contributed by atoms with van der Waals surface area (Å²) in [5, 5.41) is 0. The van der Waals surface area contributed by atoms with Crippen LogP contribution in [-0.4, -0.2) is 17.3 Å². The minimum Gasteiger partial charge on any atom is -0.294 e. The summed E-state index contributed by atoms with van der Waals surface area (Å²) in [6, 6.07) is 3.67. The highest BCUT2D eigenvalue weighted by atomic mass is 127. The van der Waals surface area contributed by atoms with Gasteiger partial charge in [-0.2, -0.15) is 0 Å². The summed E-state index contributed by atoms with van der Waals surface area (Å²) in [4.78, 5) is 16.0. The van der Waals surface area contributed by atoms with Crippen LogP contribution in [-0.2, 0) is 0 Å². The van der Waals surface area contributed by atoms with Crippen LogP contribution >= 0.6 is 30.3 Å². The molecule has 1 aliphatic rings. The van der Waals surface area contributed by atoms with Gasteiger partial charge in [0.2, 0.25) is 0 Å². The number of fused-ring (bicyclic) bond motifs is 1. The number of nitrogens with zero attached hydrogens (tertiary/aromatic N) is 2. The second kappa shape index (κ2) is 4.48. The van der Waals surface area contributed by atoms with Crippen LogP contribution in [0.25, 0.3) is 0 Å². The Kier molecular flexibility index (Phi) is 3.27. The maximum absolute atomic E-state index is 11.7. The molecule has 2 rings (SSSR count). The Bertz CT molecular complexity index is 358. The Hall–Kier alpha value is -0.300. The van der Waals surface area contributed by atoms with Crippen LogP contribution in [0.3, 0.4) is 0 Å². The van der Waals surface area contributed by atoms with Gasteiger partial charge in [-0.05, 0) is 18.6 Å². The third-order valence-electron chi connectivity index (χ3n) is 2.17. The van der Waals surface area contributed by atoms with Crippen molar-refractivity contribution in [1.29, 1.82) is 0 Å². The minimum absolute atomic E-state index is 0.209. The molecule has 0 fully saturated rings. The molecule has 0 aromatic carbocycles. The number of carbonyl (C=O) groups excluding carboxylic acids is 1. The molecule has 0 saturated carbocycles. The van der Waals surface area contributed by atoms with Crippen LogP contribution < -0.4 is 4.31 Å². The highest BCUT2D eigenvalue weighted by Gasteiger charge is 2.21. The number of aromatic nitrogens is 1. The standard InChI is InChI=1S/C9H9IN2OS/c10-14-12-6-2-4-8(13)7-3-1-5-11-9(7)12/h1,3,5H,2,4,6H2.